The summed E-state index contributed by atoms with van der Waals surface area (Å²) in [5.74, 6) is 0. The van der Waals surface area contributed by atoms with Crippen molar-refractivity contribution in [2.45, 2.75) is 6.92 Å². The Morgan fingerprint density at radius 1 is 0.966 bits per heavy atom. The molecule has 1 aliphatic heterocycles. The first-order valence-corrected chi connectivity index (χ1v) is 9.95. The van der Waals surface area contributed by atoms with Gasteiger partial charge in [-0.3, -0.25) is 10.1 Å². The smallest absolute Gasteiger partial charge is 0.269 e. The maximum atomic E-state index is 11.0. The summed E-state index contributed by atoms with van der Waals surface area (Å²) in [5, 5.41) is 14.1. The first kappa shape index (κ1) is 18.8. The minimum atomic E-state index is -0.383. The van der Waals surface area contributed by atoms with Gasteiger partial charge in [0.25, 0.3) is 5.69 Å². The van der Waals surface area contributed by atoms with Crippen molar-refractivity contribution in [2.75, 3.05) is 10.6 Å². The number of benzene rings is 3. The van der Waals surface area contributed by atoms with Crippen LogP contribution in [0.1, 0.15) is 16.7 Å². The van der Waals surface area contributed by atoms with Crippen LogP contribution < -0.4 is 10.6 Å². The zero-order valence-electron chi connectivity index (χ0n) is 15.8. The SMILES string of the molecule is Cc1ccc(N2C(c3ccc([N+](=O)[O-])cc3)=CS/C2=C\c2ccc(N)cc2)cc1. The Balaban J connectivity index is 1.75. The van der Waals surface area contributed by atoms with Crippen LogP contribution in [0.15, 0.2) is 83.2 Å². The van der Waals surface area contributed by atoms with E-state index in [1.54, 1.807) is 23.9 Å². The quantitative estimate of drug-likeness (QED) is 0.328. The van der Waals surface area contributed by atoms with Crippen LogP contribution in [0.2, 0.25) is 0 Å². The fraction of sp³-hybridized carbons (Fsp3) is 0.0435. The van der Waals surface area contributed by atoms with Crippen molar-refractivity contribution in [1.29, 1.82) is 0 Å². The Morgan fingerprint density at radius 2 is 1.62 bits per heavy atom. The molecule has 1 heterocycles. The Kier molecular flexibility index (Phi) is 5.10. The van der Waals surface area contributed by atoms with Crippen LogP contribution in [0.3, 0.4) is 0 Å². The fourth-order valence-electron chi connectivity index (χ4n) is 3.08. The minimum Gasteiger partial charge on any atom is -0.399 e. The molecule has 0 atom stereocenters. The van der Waals surface area contributed by atoms with Gasteiger partial charge in [0.05, 0.1) is 15.6 Å². The van der Waals surface area contributed by atoms with Crippen LogP contribution in [0.4, 0.5) is 17.1 Å². The molecule has 0 aliphatic carbocycles. The summed E-state index contributed by atoms with van der Waals surface area (Å²) in [5.41, 5.74) is 11.8. The number of rotatable bonds is 4. The third-order valence-electron chi connectivity index (χ3n) is 4.65. The van der Waals surface area contributed by atoms with E-state index in [-0.39, 0.29) is 10.6 Å². The van der Waals surface area contributed by atoms with Gasteiger partial charge in [-0.1, -0.05) is 41.6 Å². The lowest BCUT2D eigenvalue weighted by Crippen LogP contribution is -2.15. The van der Waals surface area contributed by atoms with E-state index in [2.05, 4.69) is 47.6 Å². The molecule has 0 unspecified atom stereocenters. The number of nitro benzene ring substituents is 1. The van der Waals surface area contributed by atoms with Gasteiger partial charge in [0.1, 0.15) is 0 Å². The molecule has 0 bridgehead atoms. The number of nitro groups is 1. The number of non-ortho nitro benzene ring substituents is 1. The first-order chi connectivity index (χ1) is 14.0. The van der Waals surface area contributed by atoms with E-state index in [1.165, 1.54) is 17.7 Å². The number of thioether (sulfide) groups is 1. The number of hydrogen-bond acceptors (Lipinski definition) is 5. The van der Waals surface area contributed by atoms with Crippen molar-refractivity contribution < 1.29 is 4.92 Å². The Bertz CT molecular complexity index is 1100. The van der Waals surface area contributed by atoms with Gasteiger partial charge in [-0.25, -0.2) is 0 Å². The van der Waals surface area contributed by atoms with Gasteiger partial charge in [-0.15, -0.1) is 0 Å². The van der Waals surface area contributed by atoms with Gasteiger partial charge in [0.2, 0.25) is 0 Å². The minimum absolute atomic E-state index is 0.0829. The molecule has 0 saturated heterocycles. The molecule has 0 fully saturated rings. The molecule has 29 heavy (non-hydrogen) atoms. The molecule has 5 nitrogen and oxygen atoms in total. The van der Waals surface area contributed by atoms with E-state index in [4.69, 9.17) is 5.73 Å². The van der Waals surface area contributed by atoms with Crippen molar-refractivity contribution in [3.8, 4) is 0 Å². The maximum absolute atomic E-state index is 11.0. The van der Waals surface area contributed by atoms with Crippen LogP contribution >= 0.6 is 11.8 Å². The predicted octanol–water partition coefficient (Wildman–Crippen LogP) is 6.04. The van der Waals surface area contributed by atoms with E-state index in [0.717, 1.165) is 33.2 Å². The lowest BCUT2D eigenvalue weighted by Gasteiger charge is -2.24. The molecular weight excluding hydrogens is 382 g/mol. The monoisotopic (exact) mass is 401 g/mol. The molecule has 0 spiro atoms. The van der Waals surface area contributed by atoms with Crippen molar-refractivity contribution in [3.63, 3.8) is 0 Å². The lowest BCUT2D eigenvalue weighted by molar-refractivity contribution is -0.384. The van der Waals surface area contributed by atoms with E-state index >= 15 is 0 Å². The van der Waals surface area contributed by atoms with E-state index in [0.29, 0.717) is 0 Å². The zero-order chi connectivity index (χ0) is 20.4. The number of anilines is 2. The standard InChI is InChI=1S/C23H19N3O2S/c1-16-2-10-20(11-3-16)25-22(18-6-12-21(13-7-18)26(27)28)15-29-23(25)14-17-4-8-19(24)9-5-17/h2-15H,24H2,1H3/b23-14-. The largest absolute Gasteiger partial charge is 0.399 e. The van der Waals surface area contributed by atoms with Crippen LogP contribution in [0, 0.1) is 17.0 Å². The van der Waals surface area contributed by atoms with Gasteiger partial charge in [0.15, 0.2) is 0 Å². The van der Waals surface area contributed by atoms with Crippen molar-refractivity contribution in [3.05, 3.63) is 110 Å². The average molecular weight is 401 g/mol. The second-order valence-electron chi connectivity index (χ2n) is 6.75. The van der Waals surface area contributed by atoms with E-state index < -0.39 is 0 Å². The van der Waals surface area contributed by atoms with Gasteiger partial charge in [-0.05, 0) is 60.5 Å². The highest BCUT2D eigenvalue weighted by Crippen LogP contribution is 2.44. The Labute approximate surface area is 173 Å². The predicted molar refractivity (Wildman–Crippen MR) is 121 cm³/mol. The summed E-state index contributed by atoms with van der Waals surface area (Å²) in [6.07, 6.45) is 2.11. The average Bonchev–Trinajstić information content (AvgIpc) is 3.14. The summed E-state index contributed by atoms with van der Waals surface area (Å²) in [7, 11) is 0. The molecule has 0 saturated carbocycles. The molecule has 0 aromatic heterocycles. The highest BCUT2D eigenvalue weighted by molar-refractivity contribution is 8.06. The third-order valence-corrected chi connectivity index (χ3v) is 5.53. The molecule has 4 rings (SSSR count). The molecule has 144 valence electrons. The topological polar surface area (TPSA) is 72.4 Å². The number of nitrogen functional groups attached to an aromatic ring is 1. The second kappa shape index (κ2) is 7.85. The van der Waals surface area contributed by atoms with Gasteiger partial charge in [0, 0.05) is 28.9 Å². The molecule has 0 radical (unpaired) electrons. The Morgan fingerprint density at radius 3 is 2.24 bits per heavy atom. The second-order valence-corrected chi connectivity index (χ2v) is 7.63. The summed E-state index contributed by atoms with van der Waals surface area (Å²) in [4.78, 5) is 12.8. The van der Waals surface area contributed by atoms with Crippen LogP contribution in [-0.2, 0) is 0 Å². The van der Waals surface area contributed by atoms with Gasteiger partial charge < -0.3 is 10.6 Å². The number of hydrogen-bond donors (Lipinski definition) is 1. The van der Waals surface area contributed by atoms with Gasteiger partial charge >= 0.3 is 0 Å². The summed E-state index contributed by atoms with van der Waals surface area (Å²) in [6.45, 7) is 2.06. The van der Waals surface area contributed by atoms with E-state index in [1.807, 2.05) is 24.3 Å². The highest BCUT2D eigenvalue weighted by atomic mass is 32.2. The molecule has 1 aliphatic rings. The molecule has 3 aromatic carbocycles. The van der Waals surface area contributed by atoms with Gasteiger partial charge in [-0.2, -0.15) is 0 Å². The molecule has 2 N–H and O–H groups in total. The van der Waals surface area contributed by atoms with Crippen molar-refractivity contribution in [2.24, 2.45) is 0 Å². The normalized spacial score (nSPS) is 14.9. The number of aryl methyl sites for hydroxylation is 1. The zero-order valence-corrected chi connectivity index (χ0v) is 16.6. The number of nitrogens with two attached hydrogens (primary N) is 1. The number of nitrogens with zero attached hydrogens (tertiary/aromatic N) is 2. The lowest BCUT2D eigenvalue weighted by atomic mass is 10.1. The van der Waals surface area contributed by atoms with Crippen LogP contribution in [0.25, 0.3) is 11.8 Å². The summed E-state index contributed by atoms with van der Waals surface area (Å²) >= 11 is 1.62. The van der Waals surface area contributed by atoms with E-state index in [9.17, 15) is 10.1 Å². The molecule has 0 amide bonds. The molecule has 6 heteroatoms. The van der Waals surface area contributed by atoms with Crippen molar-refractivity contribution >= 4 is 40.6 Å². The van der Waals surface area contributed by atoms with Crippen LogP contribution in [-0.4, -0.2) is 4.92 Å². The van der Waals surface area contributed by atoms with Crippen LogP contribution in [0.5, 0.6) is 0 Å². The summed E-state index contributed by atoms with van der Waals surface area (Å²) < 4.78 is 0. The highest BCUT2D eigenvalue weighted by Gasteiger charge is 2.24. The van der Waals surface area contributed by atoms with Crippen molar-refractivity contribution in [1.82, 2.24) is 0 Å². The Hall–Kier alpha value is -3.51. The first-order valence-electron chi connectivity index (χ1n) is 9.07. The molecular formula is C23H19N3O2S. The third kappa shape index (κ3) is 4.02. The maximum Gasteiger partial charge on any atom is 0.269 e. The molecule has 3 aromatic rings. The summed E-state index contributed by atoms with van der Waals surface area (Å²) in [6, 6.07) is 22.7. The fourth-order valence-corrected chi connectivity index (χ4v) is 4.07.